The molecule has 0 saturated carbocycles. The second kappa shape index (κ2) is 11.3. The molecule has 2 amide bonds. The molecule has 0 heterocycles. The number of hydrogen-bond donors (Lipinski definition) is 3. The smallest absolute Gasteiger partial charge is 0.336 e. The fraction of sp³-hybridized carbons (Fsp3) is 0.550. The van der Waals surface area contributed by atoms with E-state index in [9.17, 15) is 24.6 Å². The number of rotatable bonds is 10. The minimum absolute atomic E-state index is 0.0560. The van der Waals surface area contributed by atoms with Crippen molar-refractivity contribution in [2.75, 3.05) is 19.7 Å². The molecule has 0 radical (unpaired) electrons. The third-order valence-corrected chi connectivity index (χ3v) is 3.98. The number of carbonyl (C=O) groups excluding carboxylic acids is 2. The Balaban J connectivity index is 2.85. The van der Waals surface area contributed by atoms with Crippen molar-refractivity contribution < 1.29 is 29.3 Å². The third kappa shape index (κ3) is 7.96. The summed E-state index contributed by atoms with van der Waals surface area (Å²) in [6.45, 7) is 7.38. The van der Waals surface area contributed by atoms with Crippen molar-refractivity contribution >= 4 is 18.0 Å². The van der Waals surface area contributed by atoms with E-state index in [0.29, 0.717) is 0 Å². The van der Waals surface area contributed by atoms with E-state index in [0.717, 1.165) is 11.1 Å². The number of ether oxygens (including phenoxy) is 1. The summed E-state index contributed by atoms with van der Waals surface area (Å²) < 4.78 is 4.76. The number of urea groups is 1. The van der Waals surface area contributed by atoms with Gasteiger partial charge in [-0.05, 0) is 25.3 Å². The number of nitrogens with zero attached hydrogens (tertiary/aromatic N) is 1. The average molecular weight is 394 g/mol. The molecule has 0 aromatic heterocycles. The van der Waals surface area contributed by atoms with Gasteiger partial charge in [0.2, 0.25) is 0 Å². The predicted octanol–water partition coefficient (Wildman–Crippen LogP) is 1.58. The van der Waals surface area contributed by atoms with E-state index in [1.165, 1.54) is 4.90 Å². The molecule has 8 heteroatoms. The van der Waals surface area contributed by atoms with Gasteiger partial charge in [-0.1, -0.05) is 43.7 Å². The molecule has 1 aromatic rings. The molecule has 0 fully saturated rings. The molecule has 1 aromatic carbocycles. The maximum absolute atomic E-state index is 12.6. The Hall–Kier alpha value is -2.61. The van der Waals surface area contributed by atoms with Crippen LogP contribution in [0.2, 0.25) is 0 Å². The highest BCUT2D eigenvalue weighted by atomic mass is 16.5. The van der Waals surface area contributed by atoms with Crippen LogP contribution in [0.15, 0.2) is 24.3 Å². The first-order valence-corrected chi connectivity index (χ1v) is 9.32. The average Bonchev–Trinajstić information content (AvgIpc) is 2.61. The largest absolute Gasteiger partial charge is 0.480 e. The van der Waals surface area contributed by atoms with E-state index >= 15 is 0 Å². The summed E-state index contributed by atoms with van der Waals surface area (Å²) in [5.41, 5.74) is 1.83. The lowest BCUT2D eigenvalue weighted by molar-refractivity contribution is -0.153. The second-order valence-corrected chi connectivity index (χ2v) is 7.10. The van der Waals surface area contributed by atoms with Crippen molar-refractivity contribution in [1.82, 2.24) is 10.2 Å². The molecule has 0 saturated heterocycles. The van der Waals surface area contributed by atoms with E-state index in [1.807, 2.05) is 45.0 Å². The third-order valence-electron chi connectivity index (χ3n) is 3.98. The van der Waals surface area contributed by atoms with Gasteiger partial charge in [0, 0.05) is 13.0 Å². The lowest BCUT2D eigenvalue weighted by atomic mass is 10.0. The van der Waals surface area contributed by atoms with Crippen LogP contribution in [0, 0.1) is 12.8 Å². The van der Waals surface area contributed by atoms with E-state index < -0.39 is 30.1 Å². The first-order valence-electron chi connectivity index (χ1n) is 9.32. The zero-order chi connectivity index (χ0) is 21.3. The van der Waals surface area contributed by atoms with Crippen LogP contribution in [0.5, 0.6) is 0 Å². The number of aryl methyl sites for hydroxylation is 1. The number of hydrogen-bond acceptors (Lipinski definition) is 5. The molecule has 156 valence electrons. The van der Waals surface area contributed by atoms with E-state index in [2.05, 4.69) is 5.32 Å². The van der Waals surface area contributed by atoms with Gasteiger partial charge >= 0.3 is 18.0 Å². The van der Waals surface area contributed by atoms with Crippen molar-refractivity contribution in [3.63, 3.8) is 0 Å². The zero-order valence-electron chi connectivity index (χ0n) is 16.8. The minimum Gasteiger partial charge on any atom is -0.480 e. The Morgan fingerprint density at radius 1 is 1.14 bits per heavy atom. The van der Waals surface area contributed by atoms with Crippen LogP contribution in [-0.4, -0.2) is 64.9 Å². The Labute approximate surface area is 165 Å². The van der Waals surface area contributed by atoms with Crippen LogP contribution >= 0.6 is 0 Å². The van der Waals surface area contributed by atoms with Crippen molar-refractivity contribution in [1.29, 1.82) is 0 Å². The minimum atomic E-state index is -1.50. The number of amides is 2. The SMILES string of the molecule is CCOC(=O)C(O)CN(CC(C)C)C(=O)N[C@@H](Cc1ccc(C)cc1)C(=O)O. The molecule has 28 heavy (non-hydrogen) atoms. The highest BCUT2D eigenvalue weighted by molar-refractivity contribution is 5.83. The molecule has 0 spiro atoms. The van der Waals surface area contributed by atoms with Crippen LogP contribution in [0.3, 0.4) is 0 Å². The molecular weight excluding hydrogens is 364 g/mol. The summed E-state index contributed by atoms with van der Waals surface area (Å²) in [6.07, 6.45) is -1.37. The van der Waals surface area contributed by atoms with E-state index in [1.54, 1.807) is 6.92 Å². The number of nitrogens with one attached hydrogen (secondary N) is 1. The Kier molecular flexibility index (Phi) is 9.44. The number of aliphatic carboxylic acids is 1. The Morgan fingerprint density at radius 3 is 2.25 bits per heavy atom. The Bertz CT molecular complexity index is 659. The molecule has 3 N–H and O–H groups in total. The van der Waals surface area contributed by atoms with Gasteiger partial charge in [0.25, 0.3) is 0 Å². The molecule has 0 aliphatic heterocycles. The van der Waals surface area contributed by atoms with Gasteiger partial charge in [0.1, 0.15) is 6.04 Å². The first-order chi connectivity index (χ1) is 13.1. The van der Waals surface area contributed by atoms with Gasteiger partial charge < -0.3 is 25.2 Å². The quantitative estimate of drug-likeness (QED) is 0.519. The van der Waals surface area contributed by atoms with Gasteiger partial charge in [-0.3, -0.25) is 0 Å². The summed E-state index contributed by atoms with van der Waals surface area (Å²) in [4.78, 5) is 37.1. The van der Waals surface area contributed by atoms with Crippen LogP contribution < -0.4 is 5.32 Å². The topological polar surface area (TPSA) is 116 Å². The van der Waals surface area contributed by atoms with Gasteiger partial charge in [-0.25, -0.2) is 14.4 Å². The number of carboxylic acid groups (broad SMARTS) is 1. The van der Waals surface area contributed by atoms with Crippen LogP contribution in [0.4, 0.5) is 4.79 Å². The zero-order valence-corrected chi connectivity index (χ0v) is 16.8. The summed E-state index contributed by atoms with van der Waals surface area (Å²) in [6, 6.07) is 5.58. The fourth-order valence-corrected chi connectivity index (χ4v) is 2.60. The molecule has 2 atom stereocenters. The van der Waals surface area contributed by atoms with Gasteiger partial charge in [-0.15, -0.1) is 0 Å². The number of carbonyl (C=O) groups is 3. The highest BCUT2D eigenvalue weighted by Gasteiger charge is 2.27. The predicted molar refractivity (Wildman–Crippen MR) is 104 cm³/mol. The number of aliphatic hydroxyl groups is 1. The number of carboxylic acids is 1. The lowest BCUT2D eigenvalue weighted by Crippen LogP contribution is -2.52. The van der Waals surface area contributed by atoms with Gasteiger partial charge in [-0.2, -0.15) is 0 Å². The van der Waals surface area contributed by atoms with Crippen LogP contribution in [0.25, 0.3) is 0 Å². The van der Waals surface area contributed by atoms with Crippen molar-refractivity contribution in [2.45, 2.75) is 46.3 Å². The summed E-state index contributed by atoms with van der Waals surface area (Å²) in [5.74, 6) is -1.93. The van der Waals surface area contributed by atoms with Crippen molar-refractivity contribution in [3.05, 3.63) is 35.4 Å². The maximum Gasteiger partial charge on any atom is 0.336 e. The second-order valence-electron chi connectivity index (χ2n) is 7.10. The molecule has 1 unspecified atom stereocenters. The van der Waals surface area contributed by atoms with E-state index in [4.69, 9.17) is 4.74 Å². The number of aliphatic hydroxyl groups excluding tert-OH is 1. The summed E-state index contributed by atoms with van der Waals surface area (Å²) in [5, 5.41) is 21.9. The van der Waals surface area contributed by atoms with Gasteiger partial charge in [0.05, 0.1) is 13.2 Å². The monoisotopic (exact) mass is 394 g/mol. The maximum atomic E-state index is 12.6. The fourth-order valence-electron chi connectivity index (χ4n) is 2.60. The number of esters is 1. The molecular formula is C20H30N2O6. The van der Waals surface area contributed by atoms with Crippen molar-refractivity contribution in [2.24, 2.45) is 5.92 Å². The first kappa shape index (κ1) is 23.4. The molecule has 8 nitrogen and oxygen atoms in total. The molecule has 0 aliphatic rings. The van der Waals surface area contributed by atoms with Crippen molar-refractivity contribution in [3.8, 4) is 0 Å². The van der Waals surface area contributed by atoms with Gasteiger partial charge in [0.15, 0.2) is 6.10 Å². The molecule has 1 rings (SSSR count). The van der Waals surface area contributed by atoms with Crippen LogP contribution in [-0.2, 0) is 20.7 Å². The van der Waals surface area contributed by atoms with Crippen LogP contribution in [0.1, 0.15) is 31.9 Å². The summed E-state index contributed by atoms with van der Waals surface area (Å²) in [7, 11) is 0. The Morgan fingerprint density at radius 2 is 1.75 bits per heavy atom. The normalized spacial score (nSPS) is 12.9. The number of benzene rings is 1. The highest BCUT2D eigenvalue weighted by Crippen LogP contribution is 2.08. The standard InChI is InChI=1S/C20H30N2O6/c1-5-28-19(26)17(23)12-22(11-13(2)3)20(27)21-16(18(24)25)10-15-8-6-14(4)7-9-15/h6-9,13,16-17,23H,5,10-12H2,1-4H3,(H,21,27)(H,24,25)/t16-,17?/m0/s1. The molecule has 0 bridgehead atoms. The van der Waals surface area contributed by atoms with E-state index in [-0.39, 0.29) is 32.0 Å². The lowest BCUT2D eigenvalue weighted by Gasteiger charge is -2.28. The molecule has 0 aliphatic carbocycles. The summed E-state index contributed by atoms with van der Waals surface area (Å²) >= 11 is 0.